The molecule has 1 aromatic carbocycles. The molecule has 0 amide bonds. The minimum Gasteiger partial charge on any atom is -0.479 e. The molecular weight excluding hydrogens is 200 g/mol. The van der Waals surface area contributed by atoms with Gasteiger partial charge >= 0.3 is 0 Å². The number of aryl methyl sites for hydroxylation is 1. The van der Waals surface area contributed by atoms with Crippen LogP contribution in [0.3, 0.4) is 0 Å². The summed E-state index contributed by atoms with van der Waals surface area (Å²) in [7, 11) is 1.61. The van der Waals surface area contributed by atoms with E-state index in [1.807, 2.05) is 31.2 Å². The fraction of sp³-hybridized carbons (Fsp3) is 0.385. The lowest BCUT2D eigenvalue weighted by Crippen LogP contribution is -2.02. The third kappa shape index (κ3) is 3.85. The van der Waals surface area contributed by atoms with Crippen molar-refractivity contribution in [3.05, 3.63) is 35.4 Å². The molecule has 0 heterocycles. The Morgan fingerprint density at radius 2 is 2.00 bits per heavy atom. The number of methoxy groups -OCH3 is 1. The molecule has 86 valence electrons. The molecule has 0 unspecified atom stereocenters. The zero-order chi connectivity index (χ0) is 11.8. The van der Waals surface area contributed by atoms with Crippen LogP contribution in [0.25, 0.3) is 0 Å². The number of hydrogen-bond acceptors (Lipinski definition) is 3. The van der Waals surface area contributed by atoms with Crippen LogP contribution in [0, 0.1) is 6.92 Å². The van der Waals surface area contributed by atoms with E-state index < -0.39 is 0 Å². The molecule has 16 heavy (non-hydrogen) atoms. The van der Waals surface area contributed by atoms with Gasteiger partial charge in [0.05, 0.1) is 7.11 Å². The lowest BCUT2D eigenvalue weighted by molar-refractivity contribution is 0.403. The van der Waals surface area contributed by atoms with Crippen molar-refractivity contribution in [2.75, 3.05) is 7.11 Å². The fourth-order valence-electron chi connectivity index (χ4n) is 1.19. The van der Waals surface area contributed by atoms with Gasteiger partial charge in [0.2, 0.25) is 5.90 Å². The van der Waals surface area contributed by atoms with Crippen LogP contribution in [-0.4, -0.2) is 19.2 Å². The second-order valence-electron chi connectivity index (χ2n) is 3.56. The Morgan fingerprint density at radius 1 is 1.31 bits per heavy atom. The average molecular weight is 218 g/mol. The molecular formula is C13H18N2O. The second-order valence-corrected chi connectivity index (χ2v) is 3.56. The lowest BCUT2D eigenvalue weighted by atomic mass is 10.1. The van der Waals surface area contributed by atoms with Gasteiger partial charge in [0.15, 0.2) is 0 Å². The van der Waals surface area contributed by atoms with Gasteiger partial charge in [-0.2, -0.15) is 5.10 Å². The Bertz CT molecular complexity index is 366. The molecule has 0 aliphatic heterocycles. The summed E-state index contributed by atoms with van der Waals surface area (Å²) < 4.78 is 5.19. The molecule has 0 saturated heterocycles. The highest BCUT2D eigenvalue weighted by Gasteiger charge is 2.01. The predicted molar refractivity (Wildman–Crippen MR) is 68.1 cm³/mol. The zero-order valence-electron chi connectivity index (χ0n) is 10.1. The largest absolute Gasteiger partial charge is 0.479 e. The SMILES string of the molecule is CCC/C=N/N=C(\OC)c1ccc(C)cc1. The fourth-order valence-corrected chi connectivity index (χ4v) is 1.19. The number of benzene rings is 1. The lowest BCUT2D eigenvalue weighted by Gasteiger charge is -2.02. The van der Waals surface area contributed by atoms with Crippen LogP contribution in [-0.2, 0) is 4.74 Å². The molecule has 0 aliphatic carbocycles. The summed E-state index contributed by atoms with van der Waals surface area (Å²) in [5.74, 6) is 0.548. The minimum absolute atomic E-state index is 0.548. The molecule has 0 N–H and O–H groups in total. The van der Waals surface area contributed by atoms with Gasteiger partial charge in [-0.15, -0.1) is 5.10 Å². The highest BCUT2D eigenvalue weighted by molar-refractivity contribution is 5.94. The van der Waals surface area contributed by atoms with Crippen molar-refractivity contribution in [3.63, 3.8) is 0 Å². The van der Waals surface area contributed by atoms with Crippen LogP contribution in [0.4, 0.5) is 0 Å². The smallest absolute Gasteiger partial charge is 0.240 e. The summed E-state index contributed by atoms with van der Waals surface area (Å²) in [6.45, 7) is 4.15. The molecule has 0 saturated carbocycles. The van der Waals surface area contributed by atoms with Gasteiger partial charge in [0.25, 0.3) is 0 Å². The molecule has 1 rings (SSSR count). The minimum atomic E-state index is 0.548. The van der Waals surface area contributed by atoms with Crippen LogP contribution in [0.1, 0.15) is 30.9 Å². The first kappa shape index (κ1) is 12.4. The first-order valence-corrected chi connectivity index (χ1v) is 5.48. The number of ether oxygens (including phenoxy) is 1. The Hall–Kier alpha value is -1.64. The van der Waals surface area contributed by atoms with Crippen molar-refractivity contribution in [1.29, 1.82) is 0 Å². The third-order valence-electron chi connectivity index (χ3n) is 2.14. The molecule has 0 fully saturated rings. The Labute approximate surface area is 96.9 Å². The number of hydrogen-bond donors (Lipinski definition) is 0. The maximum absolute atomic E-state index is 5.19. The van der Waals surface area contributed by atoms with Crippen molar-refractivity contribution >= 4 is 12.1 Å². The van der Waals surface area contributed by atoms with E-state index in [2.05, 4.69) is 17.1 Å². The van der Waals surface area contributed by atoms with Gasteiger partial charge in [0, 0.05) is 11.8 Å². The van der Waals surface area contributed by atoms with E-state index in [0.717, 1.165) is 18.4 Å². The maximum Gasteiger partial charge on any atom is 0.240 e. The summed E-state index contributed by atoms with van der Waals surface area (Å²) in [5, 5.41) is 8.01. The van der Waals surface area contributed by atoms with E-state index in [4.69, 9.17) is 4.74 Å². The van der Waals surface area contributed by atoms with Gasteiger partial charge in [-0.05, 0) is 25.5 Å². The van der Waals surface area contributed by atoms with Gasteiger partial charge in [0.1, 0.15) is 0 Å². The van der Waals surface area contributed by atoms with Crippen LogP contribution in [0.15, 0.2) is 34.5 Å². The summed E-state index contributed by atoms with van der Waals surface area (Å²) in [6, 6.07) is 8.01. The molecule has 0 atom stereocenters. The van der Waals surface area contributed by atoms with E-state index in [1.165, 1.54) is 5.56 Å². The molecule has 3 heteroatoms. The molecule has 0 spiro atoms. The Kier molecular flexibility index (Phi) is 5.26. The molecule has 0 radical (unpaired) electrons. The first-order valence-electron chi connectivity index (χ1n) is 5.48. The quantitative estimate of drug-likeness (QED) is 0.434. The number of rotatable bonds is 4. The molecule has 3 nitrogen and oxygen atoms in total. The van der Waals surface area contributed by atoms with E-state index >= 15 is 0 Å². The summed E-state index contributed by atoms with van der Waals surface area (Å²) >= 11 is 0. The van der Waals surface area contributed by atoms with E-state index in [0.29, 0.717) is 5.90 Å². The summed E-state index contributed by atoms with van der Waals surface area (Å²) in [4.78, 5) is 0. The van der Waals surface area contributed by atoms with Crippen LogP contribution < -0.4 is 0 Å². The summed E-state index contributed by atoms with van der Waals surface area (Å²) in [5.41, 5.74) is 2.16. The monoisotopic (exact) mass is 218 g/mol. The molecule has 1 aromatic rings. The number of unbranched alkanes of at least 4 members (excludes halogenated alkanes) is 1. The van der Waals surface area contributed by atoms with Crippen molar-refractivity contribution < 1.29 is 4.74 Å². The standard InChI is InChI=1S/C13H18N2O/c1-4-5-10-14-15-13(16-3)12-8-6-11(2)7-9-12/h6-10H,4-5H2,1-3H3/b14-10+,15-13-. The van der Waals surface area contributed by atoms with Gasteiger partial charge in [-0.1, -0.05) is 31.0 Å². The normalized spacial score (nSPS) is 12.1. The van der Waals surface area contributed by atoms with Crippen molar-refractivity contribution in [2.45, 2.75) is 26.7 Å². The van der Waals surface area contributed by atoms with Crippen LogP contribution in [0.2, 0.25) is 0 Å². The van der Waals surface area contributed by atoms with Crippen molar-refractivity contribution in [1.82, 2.24) is 0 Å². The Morgan fingerprint density at radius 3 is 2.56 bits per heavy atom. The van der Waals surface area contributed by atoms with E-state index in [9.17, 15) is 0 Å². The van der Waals surface area contributed by atoms with Crippen LogP contribution >= 0.6 is 0 Å². The van der Waals surface area contributed by atoms with Gasteiger partial charge < -0.3 is 4.74 Å². The molecule has 0 aromatic heterocycles. The van der Waals surface area contributed by atoms with Crippen molar-refractivity contribution in [3.8, 4) is 0 Å². The predicted octanol–water partition coefficient (Wildman–Crippen LogP) is 3.17. The van der Waals surface area contributed by atoms with Crippen LogP contribution in [0.5, 0.6) is 0 Å². The maximum atomic E-state index is 5.19. The summed E-state index contributed by atoms with van der Waals surface area (Å²) in [6.07, 6.45) is 3.81. The zero-order valence-corrected chi connectivity index (χ0v) is 10.1. The van der Waals surface area contributed by atoms with Crippen molar-refractivity contribution in [2.24, 2.45) is 10.2 Å². The van der Waals surface area contributed by atoms with Gasteiger partial charge in [-0.3, -0.25) is 0 Å². The third-order valence-corrected chi connectivity index (χ3v) is 2.14. The topological polar surface area (TPSA) is 34.0 Å². The molecule has 0 aliphatic rings. The second kappa shape index (κ2) is 6.77. The van der Waals surface area contributed by atoms with E-state index in [1.54, 1.807) is 13.3 Å². The highest BCUT2D eigenvalue weighted by Crippen LogP contribution is 2.05. The van der Waals surface area contributed by atoms with Gasteiger partial charge in [-0.25, -0.2) is 0 Å². The number of nitrogens with zero attached hydrogens (tertiary/aromatic N) is 2. The Balaban J connectivity index is 2.77. The first-order chi connectivity index (χ1) is 7.77. The van der Waals surface area contributed by atoms with E-state index in [-0.39, 0.29) is 0 Å². The highest BCUT2D eigenvalue weighted by atomic mass is 16.5. The average Bonchev–Trinajstić information content (AvgIpc) is 2.31. The molecule has 0 bridgehead atoms.